The first-order valence-electron chi connectivity index (χ1n) is 12.6. The van der Waals surface area contributed by atoms with Gasteiger partial charge in [-0.05, 0) is 43.0 Å². The summed E-state index contributed by atoms with van der Waals surface area (Å²) in [5, 5.41) is 6.42. The van der Waals surface area contributed by atoms with E-state index < -0.39 is 6.04 Å². The highest BCUT2D eigenvalue weighted by molar-refractivity contribution is 5.95. The number of nitrogens with zero attached hydrogens (tertiary/aromatic N) is 3. The number of carbonyl (C=O) groups excluding carboxylic acids is 2. The van der Waals surface area contributed by atoms with E-state index in [0.717, 1.165) is 24.3 Å². The molecule has 4 rings (SSSR count). The second-order valence-corrected chi connectivity index (χ2v) is 9.35. The van der Waals surface area contributed by atoms with Gasteiger partial charge in [0.2, 0.25) is 11.8 Å². The van der Waals surface area contributed by atoms with Crippen molar-refractivity contribution < 1.29 is 9.59 Å². The van der Waals surface area contributed by atoms with E-state index in [4.69, 9.17) is 0 Å². The van der Waals surface area contributed by atoms with Gasteiger partial charge in [-0.25, -0.2) is 4.98 Å². The number of carbonyl (C=O) groups is 2. The maximum Gasteiger partial charge on any atom is 0.247 e. The van der Waals surface area contributed by atoms with Crippen molar-refractivity contribution in [2.75, 3.05) is 42.9 Å². The van der Waals surface area contributed by atoms with E-state index in [0.29, 0.717) is 25.5 Å². The maximum atomic E-state index is 13.3. The van der Waals surface area contributed by atoms with Crippen LogP contribution in [0.1, 0.15) is 42.5 Å². The number of rotatable bonds is 9. The average molecular weight is 486 g/mol. The molecule has 1 fully saturated rings. The summed E-state index contributed by atoms with van der Waals surface area (Å²) in [5.74, 6) is 0.691. The number of aryl methyl sites for hydroxylation is 1. The van der Waals surface area contributed by atoms with Gasteiger partial charge in [0.15, 0.2) is 0 Å². The number of hydrogen-bond donors (Lipinski definition) is 2. The van der Waals surface area contributed by atoms with Crippen molar-refractivity contribution in [3.63, 3.8) is 0 Å². The average Bonchev–Trinajstić information content (AvgIpc) is 2.90. The summed E-state index contributed by atoms with van der Waals surface area (Å²) in [6.07, 6.45) is 1.72. The molecule has 1 aromatic heterocycles. The molecule has 2 N–H and O–H groups in total. The van der Waals surface area contributed by atoms with Gasteiger partial charge in [-0.3, -0.25) is 9.59 Å². The molecule has 1 saturated heterocycles. The standard InChI is InChI=1S/C29H35N5O2/c1-4-33-16-17-34(20-27(33)35)25-14-15-26(30-19-25)32-29(36)28(24-8-6-5-7-9-24)31-18-22(3)23-12-10-21(2)11-13-23/h5-15,19,22,28,31H,4,16-18,20H2,1-3H3,(H,30,32,36)/t22-,28-/m1/s1. The van der Waals surface area contributed by atoms with Crippen LogP contribution >= 0.6 is 0 Å². The minimum atomic E-state index is -0.514. The lowest BCUT2D eigenvalue weighted by molar-refractivity contribution is -0.130. The van der Waals surface area contributed by atoms with Crippen LogP contribution in [0.15, 0.2) is 72.9 Å². The Hall–Kier alpha value is -3.71. The van der Waals surface area contributed by atoms with Gasteiger partial charge in [-0.15, -0.1) is 0 Å². The lowest BCUT2D eigenvalue weighted by atomic mass is 9.98. The Morgan fingerprint density at radius 2 is 1.75 bits per heavy atom. The summed E-state index contributed by atoms with van der Waals surface area (Å²) >= 11 is 0. The van der Waals surface area contributed by atoms with Crippen molar-refractivity contribution in [1.29, 1.82) is 0 Å². The molecule has 0 unspecified atom stereocenters. The Labute approximate surface area is 213 Å². The number of benzene rings is 2. The molecule has 2 aromatic carbocycles. The lowest BCUT2D eigenvalue weighted by Gasteiger charge is -2.34. The normalized spacial score (nSPS) is 15.5. The predicted molar refractivity (Wildman–Crippen MR) is 144 cm³/mol. The van der Waals surface area contributed by atoms with Crippen molar-refractivity contribution in [2.45, 2.75) is 32.7 Å². The monoisotopic (exact) mass is 485 g/mol. The third kappa shape index (κ3) is 6.29. The van der Waals surface area contributed by atoms with Gasteiger partial charge in [0.1, 0.15) is 11.9 Å². The molecular formula is C29H35N5O2. The van der Waals surface area contributed by atoms with E-state index in [1.807, 2.05) is 53.1 Å². The quantitative estimate of drug-likeness (QED) is 0.477. The van der Waals surface area contributed by atoms with Gasteiger partial charge >= 0.3 is 0 Å². The number of pyridine rings is 1. The fourth-order valence-electron chi connectivity index (χ4n) is 4.42. The summed E-state index contributed by atoms with van der Waals surface area (Å²) in [6.45, 7) is 9.44. The topological polar surface area (TPSA) is 77.6 Å². The minimum absolute atomic E-state index is 0.123. The van der Waals surface area contributed by atoms with Gasteiger partial charge < -0.3 is 20.4 Å². The molecule has 0 bridgehead atoms. The van der Waals surface area contributed by atoms with Gasteiger partial charge in [-0.2, -0.15) is 0 Å². The van der Waals surface area contributed by atoms with E-state index in [-0.39, 0.29) is 17.7 Å². The molecule has 0 aliphatic carbocycles. The predicted octanol–water partition coefficient (Wildman–Crippen LogP) is 4.13. The summed E-state index contributed by atoms with van der Waals surface area (Å²) in [7, 11) is 0. The zero-order valence-corrected chi connectivity index (χ0v) is 21.3. The Kier molecular flexibility index (Phi) is 8.33. The number of likely N-dealkylation sites (N-methyl/N-ethyl adjacent to an activating group) is 1. The maximum absolute atomic E-state index is 13.3. The number of nitrogens with one attached hydrogen (secondary N) is 2. The first-order valence-corrected chi connectivity index (χ1v) is 12.6. The number of anilines is 2. The van der Waals surface area contributed by atoms with E-state index in [2.05, 4.69) is 53.7 Å². The summed E-state index contributed by atoms with van der Waals surface area (Å²) in [4.78, 5) is 33.9. The van der Waals surface area contributed by atoms with Crippen molar-refractivity contribution in [1.82, 2.24) is 15.2 Å². The van der Waals surface area contributed by atoms with Crippen molar-refractivity contribution in [3.8, 4) is 0 Å². The largest absolute Gasteiger partial charge is 0.359 e. The highest BCUT2D eigenvalue weighted by Crippen LogP contribution is 2.21. The van der Waals surface area contributed by atoms with E-state index in [1.165, 1.54) is 11.1 Å². The molecule has 0 saturated carbocycles. The fourth-order valence-corrected chi connectivity index (χ4v) is 4.42. The van der Waals surface area contributed by atoms with Crippen LogP contribution in [-0.4, -0.2) is 54.4 Å². The van der Waals surface area contributed by atoms with Crippen LogP contribution in [0.3, 0.4) is 0 Å². The Balaban J connectivity index is 1.41. The van der Waals surface area contributed by atoms with E-state index in [1.54, 1.807) is 12.3 Å². The Morgan fingerprint density at radius 1 is 1.00 bits per heavy atom. The Morgan fingerprint density at radius 3 is 2.39 bits per heavy atom. The van der Waals surface area contributed by atoms with Gasteiger partial charge in [-0.1, -0.05) is 67.1 Å². The summed E-state index contributed by atoms with van der Waals surface area (Å²) < 4.78 is 0. The van der Waals surface area contributed by atoms with E-state index in [9.17, 15) is 9.59 Å². The molecule has 36 heavy (non-hydrogen) atoms. The first-order chi connectivity index (χ1) is 17.4. The Bertz CT molecular complexity index is 1150. The molecule has 3 aromatic rings. The zero-order valence-electron chi connectivity index (χ0n) is 21.3. The molecule has 0 radical (unpaired) electrons. The van der Waals surface area contributed by atoms with Crippen LogP contribution in [0.4, 0.5) is 11.5 Å². The van der Waals surface area contributed by atoms with Crippen LogP contribution in [-0.2, 0) is 9.59 Å². The van der Waals surface area contributed by atoms with Crippen LogP contribution in [0.5, 0.6) is 0 Å². The highest BCUT2D eigenvalue weighted by atomic mass is 16.2. The molecule has 2 heterocycles. The molecule has 2 amide bonds. The van der Waals surface area contributed by atoms with Crippen molar-refractivity contribution >= 4 is 23.3 Å². The molecule has 7 heteroatoms. The number of amides is 2. The number of piperazine rings is 1. The molecule has 0 spiro atoms. The zero-order chi connectivity index (χ0) is 25.5. The van der Waals surface area contributed by atoms with Gasteiger partial charge in [0, 0.05) is 26.2 Å². The molecular weight excluding hydrogens is 450 g/mol. The van der Waals surface area contributed by atoms with Crippen LogP contribution in [0, 0.1) is 6.92 Å². The fraction of sp³-hybridized carbons (Fsp3) is 0.345. The molecule has 1 aliphatic heterocycles. The second-order valence-electron chi connectivity index (χ2n) is 9.35. The number of aromatic nitrogens is 1. The van der Waals surface area contributed by atoms with Crippen molar-refractivity contribution in [2.24, 2.45) is 0 Å². The third-order valence-corrected chi connectivity index (χ3v) is 6.73. The van der Waals surface area contributed by atoms with Crippen LogP contribution in [0.2, 0.25) is 0 Å². The third-order valence-electron chi connectivity index (χ3n) is 6.73. The van der Waals surface area contributed by atoms with E-state index >= 15 is 0 Å². The molecule has 2 atom stereocenters. The van der Waals surface area contributed by atoms with Crippen LogP contribution < -0.4 is 15.5 Å². The smallest absolute Gasteiger partial charge is 0.247 e. The minimum Gasteiger partial charge on any atom is -0.359 e. The van der Waals surface area contributed by atoms with Gasteiger partial charge in [0.05, 0.1) is 18.4 Å². The first kappa shape index (κ1) is 25.4. The van der Waals surface area contributed by atoms with Crippen molar-refractivity contribution in [3.05, 3.63) is 89.6 Å². The molecule has 7 nitrogen and oxygen atoms in total. The SMILES string of the molecule is CCN1CCN(c2ccc(NC(=O)[C@H](NC[C@@H](C)c3ccc(C)cc3)c3ccccc3)nc2)CC1=O. The second kappa shape index (κ2) is 11.8. The number of hydrogen-bond acceptors (Lipinski definition) is 5. The van der Waals surface area contributed by atoms with Crippen LogP contribution in [0.25, 0.3) is 0 Å². The summed E-state index contributed by atoms with van der Waals surface area (Å²) in [6, 6.07) is 21.4. The lowest BCUT2D eigenvalue weighted by Crippen LogP contribution is -2.50. The molecule has 188 valence electrons. The van der Waals surface area contributed by atoms with Gasteiger partial charge in [0.25, 0.3) is 0 Å². The molecule has 1 aliphatic rings. The highest BCUT2D eigenvalue weighted by Gasteiger charge is 2.24. The summed E-state index contributed by atoms with van der Waals surface area (Å²) in [5.41, 5.74) is 4.24.